The van der Waals surface area contributed by atoms with Gasteiger partial charge in [0.1, 0.15) is 0 Å². The summed E-state index contributed by atoms with van der Waals surface area (Å²) in [5, 5.41) is -4.67. The number of ether oxygens (including phenoxy) is 3. The fourth-order valence-corrected chi connectivity index (χ4v) is 4.55. The average molecular weight is 499 g/mol. The largest absolute Gasteiger partial charge is 0.493 e. The molecule has 1 aromatic carbocycles. The molecule has 2 atom stereocenters. The summed E-state index contributed by atoms with van der Waals surface area (Å²) >= 11 is -0.413. The van der Waals surface area contributed by atoms with E-state index in [4.69, 9.17) is 14.2 Å². The molecule has 0 bridgehead atoms. The van der Waals surface area contributed by atoms with Gasteiger partial charge in [-0.25, -0.2) is 4.39 Å². The number of amides is 1. The Morgan fingerprint density at radius 1 is 1.12 bits per heavy atom. The lowest BCUT2D eigenvalue weighted by Crippen LogP contribution is -2.47. The molecule has 6 nitrogen and oxygen atoms in total. The first-order valence-electron chi connectivity index (χ1n) is 10.1. The van der Waals surface area contributed by atoms with E-state index in [1.807, 2.05) is 0 Å². The quantitative estimate of drug-likeness (QED) is 0.252. The number of benzene rings is 1. The number of halogens is 5. The van der Waals surface area contributed by atoms with Crippen LogP contribution in [0.25, 0.3) is 0 Å². The van der Waals surface area contributed by atoms with Gasteiger partial charge < -0.3 is 19.1 Å². The molecule has 1 aliphatic rings. The molecular formula is C21H26F5NO5S. The van der Waals surface area contributed by atoms with E-state index in [0.29, 0.717) is 6.42 Å². The Morgan fingerprint density at radius 3 is 2.18 bits per heavy atom. The van der Waals surface area contributed by atoms with Crippen LogP contribution in [0.15, 0.2) is 12.1 Å². The van der Waals surface area contributed by atoms with Crippen LogP contribution in [-0.2, 0) is 4.79 Å². The summed E-state index contributed by atoms with van der Waals surface area (Å²) in [6, 6.07) is 1.68. The zero-order valence-corrected chi connectivity index (χ0v) is 19.4. The number of likely N-dealkylation sites (tertiary alicyclic amines) is 1. The lowest BCUT2D eigenvalue weighted by molar-refractivity contribution is -0.190. The highest BCUT2D eigenvalue weighted by molar-refractivity contribution is 8.00. The maximum absolute atomic E-state index is 14.0. The molecule has 1 aromatic rings. The normalized spacial score (nSPS) is 17.6. The Labute approximate surface area is 192 Å². The van der Waals surface area contributed by atoms with E-state index in [-0.39, 0.29) is 35.8 Å². The topological polar surface area (TPSA) is 65.1 Å². The Morgan fingerprint density at radius 2 is 1.70 bits per heavy atom. The van der Waals surface area contributed by atoms with Crippen LogP contribution >= 0.6 is 11.8 Å². The molecule has 2 rings (SSSR count). The van der Waals surface area contributed by atoms with E-state index in [0.717, 1.165) is 11.8 Å². The number of thioether (sulfide) groups is 1. The molecular weight excluding hydrogens is 473 g/mol. The second-order valence-electron chi connectivity index (χ2n) is 7.36. The van der Waals surface area contributed by atoms with Gasteiger partial charge in [0.15, 0.2) is 17.7 Å². The van der Waals surface area contributed by atoms with Crippen LogP contribution in [0.1, 0.15) is 36.5 Å². The molecule has 0 N–H and O–H groups in total. The Hall–Kier alpha value is -2.24. The summed E-state index contributed by atoms with van der Waals surface area (Å²) in [6.07, 6.45) is -3.11. The first-order chi connectivity index (χ1) is 15.4. The summed E-state index contributed by atoms with van der Waals surface area (Å²) in [6.45, 7) is 1.15. The predicted octanol–water partition coefficient (Wildman–Crippen LogP) is 4.60. The van der Waals surface area contributed by atoms with E-state index < -0.39 is 59.0 Å². The fraction of sp³-hybridized carbons (Fsp3) is 0.619. The lowest BCUT2D eigenvalue weighted by atomic mass is 10.1. The molecule has 0 aliphatic carbocycles. The van der Waals surface area contributed by atoms with Gasteiger partial charge >= 0.3 is 11.2 Å². The number of hydrogen-bond donors (Lipinski definition) is 0. The minimum absolute atomic E-state index is 0.0760. The first-order valence-corrected chi connectivity index (χ1v) is 11.1. The molecule has 1 fully saturated rings. The van der Waals surface area contributed by atoms with Crippen molar-refractivity contribution in [2.75, 3.05) is 33.6 Å². The summed E-state index contributed by atoms with van der Waals surface area (Å²) in [5.41, 5.74) is -0.0760. The zero-order valence-electron chi connectivity index (χ0n) is 18.6. The van der Waals surface area contributed by atoms with Gasteiger partial charge in [-0.2, -0.15) is 17.6 Å². The van der Waals surface area contributed by atoms with Gasteiger partial charge in [-0.3, -0.25) is 9.59 Å². The van der Waals surface area contributed by atoms with Crippen LogP contribution in [0.2, 0.25) is 0 Å². The minimum Gasteiger partial charge on any atom is -0.493 e. The zero-order chi connectivity index (χ0) is 25.0. The van der Waals surface area contributed by atoms with Crippen LogP contribution in [0.4, 0.5) is 22.0 Å². The number of carbonyl (C=O) groups excluding carboxylic acids is 2. The van der Waals surface area contributed by atoms with Crippen LogP contribution in [0.5, 0.6) is 17.2 Å². The molecule has 2 unspecified atom stereocenters. The smallest absolute Gasteiger partial charge is 0.359 e. The molecule has 1 saturated heterocycles. The van der Waals surface area contributed by atoms with E-state index in [1.54, 1.807) is 0 Å². The van der Waals surface area contributed by atoms with Crippen molar-refractivity contribution < 1.29 is 45.8 Å². The highest BCUT2D eigenvalue weighted by atomic mass is 32.2. The van der Waals surface area contributed by atoms with Gasteiger partial charge in [-0.05, 0) is 31.4 Å². The minimum atomic E-state index is -4.86. The highest BCUT2D eigenvalue weighted by Gasteiger charge is 2.61. The first kappa shape index (κ1) is 27.0. The van der Waals surface area contributed by atoms with Crippen molar-refractivity contribution in [2.24, 2.45) is 0 Å². The summed E-state index contributed by atoms with van der Waals surface area (Å²) in [7, 11) is 4.03. The molecule has 0 radical (unpaired) electrons. The number of methoxy groups -OCH3 is 3. The predicted molar refractivity (Wildman–Crippen MR) is 113 cm³/mol. The molecule has 1 aliphatic heterocycles. The monoisotopic (exact) mass is 499 g/mol. The van der Waals surface area contributed by atoms with Crippen molar-refractivity contribution in [1.82, 2.24) is 4.90 Å². The Bertz CT molecular complexity index is 844. The molecule has 0 saturated carbocycles. The van der Waals surface area contributed by atoms with Gasteiger partial charge in [-0.1, -0.05) is 18.7 Å². The number of ketones is 1. The van der Waals surface area contributed by atoms with Gasteiger partial charge in [-0.15, -0.1) is 0 Å². The van der Waals surface area contributed by atoms with Gasteiger partial charge in [0.2, 0.25) is 5.75 Å². The molecule has 0 spiro atoms. The molecule has 12 heteroatoms. The average Bonchev–Trinajstić information content (AvgIpc) is 3.28. The summed E-state index contributed by atoms with van der Waals surface area (Å²) in [4.78, 5) is 26.8. The summed E-state index contributed by atoms with van der Waals surface area (Å²) in [5.74, 6) is -6.86. The number of Topliss-reactive ketones (excluding diaryl/α,β-unsaturated/α-hetero) is 1. The number of rotatable bonds is 11. The molecule has 1 heterocycles. The third kappa shape index (κ3) is 5.47. The fourth-order valence-electron chi connectivity index (χ4n) is 3.48. The van der Waals surface area contributed by atoms with Crippen molar-refractivity contribution in [3.8, 4) is 17.2 Å². The van der Waals surface area contributed by atoms with Crippen LogP contribution in [-0.4, -0.2) is 73.6 Å². The van der Waals surface area contributed by atoms with Crippen LogP contribution in [0, 0.1) is 0 Å². The van der Waals surface area contributed by atoms with E-state index in [1.165, 1.54) is 33.5 Å². The van der Waals surface area contributed by atoms with E-state index >= 15 is 0 Å². The molecule has 33 heavy (non-hydrogen) atoms. The van der Waals surface area contributed by atoms with Gasteiger partial charge in [0, 0.05) is 23.9 Å². The van der Waals surface area contributed by atoms with Crippen molar-refractivity contribution in [3.63, 3.8) is 0 Å². The third-order valence-corrected chi connectivity index (χ3v) is 6.54. The van der Waals surface area contributed by atoms with Crippen LogP contribution < -0.4 is 14.2 Å². The van der Waals surface area contributed by atoms with Gasteiger partial charge in [0.25, 0.3) is 11.7 Å². The van der Waals surface area contributed by atoms with Crippen molar-refractivity contribution in [3.05, 3.63) is 17.7 Å². The SMILES string of the molecule is CCC(F)C(F)(F)C(F)(F)SCC1CCCN1C(=O)C(=O)c1cc(OC)c(OC)c(OC)c1. The summed E-state index contributed by atoms with van der Waals surface area (Å²) < 4.78 is 84.5. The number of alkyl halides is 5. The maximum atomic E-state index is 14.0. The standard InChI is InChI=1S/C21H26F5NO5S/c1-5-16(22)20(23,24)21(25,26)33-11-13-7-6-8-27(13)19(29)17(28)12-9-14(30-2)18(32-4)15(10-12)31-3/h9-10,13,16H,5-8,11H2,1-4H3. The van der Waals surface area contributed by atoms with Gasteiger partial charge in [0.05, 0.1) is 21.3 Å². The van der Waals surface area contributed by atoms with E-state index in [9.17, 15) is 31.5 Å². The number of hydrogen-bond acceptors (Lipinski definition) is 6. The van der Waals surface area contributed by atoms with Crippen molar-refractivity contribution >= 4 is 23.5 Å². The Balaban J connectivity index is 2.19. The number of nitrogens with zero attached hydrogens (tertiary/aromatic N) is 1. The van der Waals surface area contributed by atoms with Crippen molar-refractivity contribution in [1.29, 1.82) is 0 Å². The maximum Gasteiger partial charge on any atom is 0.359 e. The highest BCUT2D eigenvalue weighted by Crippen LogP contribution is 2.47. The lowest BCUT2D eigenvalue weighted by Gasteiger charge is -2.30. The van der Waals surface area contributed by atoms with Crippen LogP contribution in [0.3, 0.4) is 0 Å². The second-order valence-corrected chi connectivity index (χ2v) is 8.50. The Kier molecular flexibility index (Phi) is 8.83. The number of carbonyl (C=O) groups is 2. The van der Waals surface area contributed by atoms with Crippen molar-refractivity contribution in [2.45, 2.75) is 49.6 Å². The van der Waals surface area contributed by atoms with E-state index in [2.05, 4.69) is 0 Å². The molecule has 186 valence electrons. The molecule has 1 amide bonds. The third-order valence-electron chi connectivity index (χ3n) is 5.36. The molecule has 0 aromatic heterocycles. The second kappa shape index (κ2) is 10.8.